The molecule has 1 unspecified atom stereocenters. The summed E-state index contributed by atoms with van der Waals surface area (Å²) in [7, 11) is 0. The third kappa shape index (κ3) is 3.70. The number of alkyl halides is 2. The van der Waals surface area contributed by atoms with Gasteiger partial charge in [-0.25, -0.2) is 0 Å². The fourth-order valence-electron chi connectivity index (χ4n) is 3.25. The van der Waals surface area contributed by atoms with Gasteiger partial charge in [0.2, 0.25) is 0 Å². The number of benzene rings is 2. The molecule has 1 atom stereocenters. The second-order valence-electron chi connectivity index (χ2n) is 5.97. The highest BCUT2D eigenvalue weighted by atomic mass is 19.3. The van der Waals surface area contributed by atoms with Crippen molar-refractivity contribution in [2.45, 2.75) is 31.9 Å². The molecule has 25 heavy (non-hydrogen) atoms. The molecule has 0 spiro atoms. The summed E-state index contributed by atoms with van der Waals surface area (Å²) in [5, 5.41) is 10.4. The monoisotopic (exact) mass is 349 g/mol. The van der Waals surface area contributed by atoms with E-state index in [2.05, 4.69) is 4.74 Å². The number of nitrogens with zero attached hydrogens (tertiary/aromatic N) is 1. The Balaban J connectivity index is 2.00. The van der Waals surface area contributed by atoms with Crippen molar-refractivity contribution >= 4 is 22.6 Å². The van der Waals surface area contributed by atoms with Gasteiger partial charge in [-0.1, -0.05) is 24.3 Å². The van der Waals surface area contributed by atoms with E-state index in [1.54, 1.807) is 24.3 Å². The van der Waals surface area contributed by atoms with Gasteiger partial charge < -0.3 is 14.7 Å². The minimum atomic E-state index is -3.05. The summed E-state index contributed by atoms with van der Waals surface area (Å²) in [6, 6.07) is 9.56. The van der Waals surface area contributed by atoms with Gasteiger partial charge in [0.1, 0.15) is 5.75 Å². The highest BCUT2D eigenvalue weighted by Gasteiger charge is 2.32. The van der Waals surface area contributed by atoms with Crippen LogP contribution in [-0.2, 0) is 4.79 Å². The molecule has 0 aromatic heterocycles. The third-order valence-corrected chi connectivity index (χ3v) is 4.34. The average molecular weight is 349 g/mol. The zero-order valence-corrected chi connectivity index (χ0v) is 13.3. The molecular weight excluding hydrogens is 332 g/mol. The molecule has 1 fully saturated rings. The molecule has 7 heteroatoms. The summed E-state index contributed by atoms with van der Waals surface area (Å²) >= 11 is 0. The van der Waals surface area contributed by atoms with Gasteiger partial charge >= 0.3 is 12.6 Å². The van der Waals surface area contributed by atoms with Crippen molar-refractivity contribution in [3.63, 3.8) is 0 Å². The minimum Gasteiger partial charge on any atom is -0.481 e. The maximum absolute atomic E-state index is 12.9. The number of carboxylic acids is 1. The number of aliphatic carboxylic acids is 1. The number of hydrogen-bond acceptors (Lipinski definition) is 3. The number of amides is 1. The van der Waals surface area contributed by atoms with E-state index in [9.17, 15) is 18.4 Å². The van der Waals surface area contributed by atoms with Crippen LogP contribution in [0.25, 0.3) is 10.8 Å². The second kappa shape index (κ2) is 7.04. The topological polar surface area (TPSA) is 66.8 Å². The number of rotatable bonds is 5. The van der Waals surface area contributed by atoms with Crippen LogP contribution in [0.2, 0.25) is 0 Å². The molecule has 1 aliphatic heterocycles. The van der Waals surface area contributed by atoms with Crippen LogP contribution >= 0.6 is 0 Å². The molecule has 1 N–H and O–H groups in total. The lowest BCUT2D eigenvalue weighted by Crippen LogP contribution is -2.37. The van der Waals surface area contributed by atoms with E-state index in [1.165, 1.54) is 17.0 Å². The molecule has 0 bridgehead atoms. The summed E-state index contributed by atoms with van der Waals surface area (Å²) in [5.41, 5.74) is 0.0243. The lowest BCUT2D eigenvalue weighted by Gasteiger charge is -2.24. The van der Waals surface area contributed by atoms with Crippen LogP contribution in [0.3, 0.4) is 0 Å². The summed E-state index contributed by atoms with van der Waals surface area (Å²) in [6.07, 6.45) is 1.10. The van der Waals surface area contributed by atoms with Crippen LogP contribution in [0.4, 0.5) is 8.78 Å². The van der Waals surface area contributed by atoms with Gasteiger partial charge in [0, 0.05) is 12.6 Å². The summed E-state index contributed by atoms with van der Waals surface area (Å²) in [6.45, 7) is -2.65. The van der Waals surface area contributed by atoms with Crippen LogP contribution in [0.5, 0.6) is 5.75 Å². The average Bonchev–Trinajstić information content (AvgIpc) is 3.00. The molecule has 0 saturated carbocycles. The van der Waals surface area contributed by atoms with E-state index in [0.29, 0.717) is 24.8 Å². The normalized spacial score (nSPS) is 17.2. The lowest BCUT2D eigenvalue weighted by molar-refractivity contribution is -0.137. The van der Waals surface area contributed by atoms with Gasteiger partial charge in [0.05, 0.1) is 12.0 Å². The highest BCUT2D eigenvalue weighted by Crippen LogP contribution is 2.31. The number of halogens is 2. The molecule has 1 saturated heterocycles. The van der Waals surface area contributed by atoms with Gasteiger partial charge in [-0.05, 0) is 35.7 Å². The highest BCUT2D eigenvalue weighted by molar-refractivity contribution is 6.02. The first-order chi connectivity index (χ1) is 12.0. The molecule has 0 radical (unpaired) electrons. The van der Waals surface area contributed by atoms with Crippen molar-refractivity contribution in [1.29, 1.82) is 0 Å². The van der Waals surface area contributed by atoms with Crippen molar-refractivity contribution < 1.29 is 28.2 Å². The molecular formula is C18H17F2NO4. The molecule has 2 aromatic carbocycles. The Morgan fingerprint density at radius 2 is 1.92 bits per heavy atom. The van der Waals surface area contributed by atoms with Gasteiger partial charge in [-0.15, -0.1) is 0 Å². The van der Waals surface area contributed by atoms with Gasteiger partial charge in [0.25, 0.3) is 5.91 Å². The van der Waals surface area contributed by atoms with Gasteiger partial charge in [-0.2, -0.15) is 8.78 Å². The minimum absolute atomic E-state index is 0.0243. The number of ether oxygens (including phenoxy) is 1. The second-order valence-corrected chi connectivity index (χ2v) is 5.97. The molecule has 1 aliphatic rings. The third-order valence-electron chi connectivity index (χ3n) is 4.34. The Morgan fingerprint density at radius 1 is 1.24 bits per heavy atom. The van der Waals surface area contributed by atoms with Crippen molar-refractivity contribution in [1.82, 2.24) is 4.90 Å². The van der Waals surface area contributed by atoms with Crippen LogP contribution in [0, 0.1) is 0 Å². The fraction of sp³-hybridized carbons (Fsp3) is 0.333. The zero-order valence-electron chi connectivity index (χ0n) is 13.3. The summed E-state index contributed by atoms with van der Waals surface area (Å²) < 4.78 is 30.1. The Labute approximate surface area is 142 Å². The van der Waals surface area contributed by atoms with Gasteiger partial charge in [0.15, 0.2) is 0 Å². The number of fused-ring (bicyclic) bond motifs is 1. The Kier molecular flexibility index (Phi) is 4.83. The van der Waals surface area contributed by atoms with Crippen LogP contribution < -0.4 is 4.74 Å². The summed E-state index contributed by atoms with van der Waals surface area (Å²) in [5.74, 6) is -1.67. The van der Waals surface area contributed by atoms with Crippen LogP contribution in [0.15, 0.2) is 36.4 Å². The fourth-order valence-corrected chi connectivity index (χ4v) is 3.25. The maximum Gasteiger partial charge on any atom is 0.387 e. The SMILES string of the molecule is O=C(O)CC1CCCN1C(=O)c1cc2ccccc2cc1OC(F)F. The van der Waals surface area contributed by atoms with E-state index in [0.717, 1.165) is 5.39 Å². The zero-order chi connectivity index (χ0) is 18.0. The Morgan fingerprint density at radius 3 is 2.56 bits per heavy atom. The molecule has 3 rings (SSSR count). The first-order valence-electron chi connectivity index (χ1n) is 7.96. The Hall–Kier alpha value is -2.70. The van der Waals surface area contributed by atoms with Crippen LogP contribution in [0.1, 0.15) is 29.6 Å². The largest absolute Gasteiger partial charge is 0.481 e. The lowest BCUT2D eigenvalue weighted by atomic mass is 10.0. The predicted octanol–water partition coefficient (Wildman–Crippen LogP) is 3.52. The van der Waals surface area contributed by atoms with Gasteiger partial charge in [-0.3, -0.25) is 9.59 Å². The van der Waals surface area contributed by atoms with E-state index in [4.69, 9.17) is 5.11 Å². The van der Waals surface area contributed by atoms with E-state index < -0.39 is 24.5 Å². The standard InChI is InChI=1S/C18H17F2NO4/c19-18(20)25-15-9-12-5-2-1-4-11(12)8-14(15)17(24)21-7-3-6-13(21)10-16(22)23/h1-2,4-5,8-9,13,18H,3,6-7,10H2,(H,22,23). The first kappa shape index (κ1) is 17.1. The van der Waals surface area contributed by atoms with Crippen LogP contribution in [-0.4, -0.2) is 41.1 Å². The molecule has 1 heterocycles. The summed E-state index contributed by atoms with van der Waals surface area (Å²) in [4.78, 5) is 25.3. The molecule has 1 amide bonds. The first-order valence-corrected chi connectivity index (χ1v) is 7.96. The number of carboxylic acid groups (broad SMARTS) is 1. The van der Waals surface area contributed by atoms with Crippen molar-refractivity contribution in [3.8, 4) is 5.75 Å². The molecule has 0 aliphatic carbocycles. The quantitative estimate of drug-likeness (QED) is 0.897. The smallest absolute Gasteiger partial charge is 0.387 e. The molecule has 132 valence electrons. The van der Waals surface area contributed by atoms with Crippen molar-refractivity contribution in [2.24, 2.45) is 0 Å². The predicted molar refractivity (Wildman–Crippen MR) is 86.9 cm³/mol. The van der Waals surface area contributed by atoms with E-state index >= 15 is 0 Å². The number of carbonyl (C=O) groups is 2. The van der Waals surface area contributed by atoms with E-state index in [1.807, 2.05) is 0 Å². The number of likely N-dealkylation sites (tertiary alicyclic amines) is 1. The van der Waals surface area contributed by atoms with Crippen molar-refractivity contribution in [3.05, 3.63) is 42.0 Å². The van der Waals surface area contributed by atoms with E-state index in [-0.39, 0.29) is 17.7 Å². The molecule has 5 nitrogen and oxygen atoms in total. The number of hydrogen-bond donors (Lipinski definition) is 1. The van der Waals surface area contributed by atoms with Crippen molar-refractivity contribution in [2.75, 3.05) is 6.54 Å². The maximum atomic E-state index is 12.9. The Bertz CT molecular complexity index is 809. The molecule has 2 aromatic rings. The number of carbonyl (C=O) groups excluding carboxylic acids is 1.